The van der Waals surface area contributed by atoms with Crippen LogP contribution in [0.4, 0.5) is 0 Å². The van der Waals surface area contributed by atoms with Gasteiger partial charge in [-0.25, -0.2) is 0 Å². The van der Waals surface area contributed by atoms with Crippen molar-refractivity contribution in [1.82, 2.24) is 9.97 Å². The van der Waals surface area contributed by atoms with Gasteiger partial charge >= 0.3 is 0 Å². The van der Waals surface area contributed by atoms with Crippen LogP contribution in [0.3, 0.4) is 0 Å². The van der Waals surface area contributed by atoms with Crippen molar-refractivity contribution in [3.63, 3.8) is 0 Å². The van der Waals surface area contributed by atoms with E-state index in [2.05, 4.69) is 16.0 Å². The van der Waals surface area contributed by atoms with E-state index in [-0.39, 0.29) is 17.4 Å². The van der Waals surface area contributed by atoms with E-state index in [1.807, 2.05) is 39.0 Å². The summed E-state index contributed by atoms with van der Waals surface area (Å²) in [5, 5.41) is 9.84. The smallest absolute Gasteiger partial charge is 0.258 e. The summed E-state index contributed by atoms with van der Waals surface area (Å²) < 4.78 is 0. The lowest BCUT2D eigenvalue weighted by Crippen LogP contribution is -2.17. The number of benzene rings is 1. The molecular weight excluding hydrogens is 272 g/mol. The first kappa shape index (κ1) is 14.7. The summed E-state index contributed by atoms with van der Waals surface area (Å²) in [6, 6.07) is 8.11. The predicted molar refractivity (Wildman–Crippen MR) is 81.4 cm³/mol. The van der Waals surface area contributed by atoms with E-state index in [1.165, 1.54) is 5.56 Å². The van der Waals surface area contributed by atoms with Crippen molar-refractivity contribution in [2.45, 2.75) is 37.3 Å². The van der Waals surface area contributed by atoms with Crippen molar-refractivity contribution in [2.75, 3.05) is 0 Å². The zero-order valence-corrected chi connectivity index (χ0v) is 12.6. The highest BCUT2D eigenvalue weighted by atomic mass is 32.2. The second-order valence-corrected chi connectivity index (χ2v) is 6.06. The van der Waals surface area contributed by atoms with Crippen LogP contribution < -0.4 is 5.56 Å². The number of aryl methyl sites for hydroxylation is 1. The first-order valence-corrected chi connectivity index (χ1v) is 7.47. The molecule has 4 nitrogen and oxygen atoms in total. The van der Waals surface area contributed by atoms with Crippen LogP contribution >= 0.6 is 11.8 Å². The van der Waals surface area contributed by atoms with Crippen LogP contribution in [-0.2, 0) is 5.75 Å². The molecule has 0 saturated heterocycles. The highest BCUT2D eigenvalue weighted by Gasteiger charge is 2.14. The maximum Gasteiger partial charge on any atom is 0.258 e. The topological polar surface area (TPSA) is 66.0 Å². The fourth-order valence-corrected chi connectivity index (χ4v) is 2.85. The molecule has 0 aliphatic rings. The van der Waals surface area contributed by atoms with E-state index in [0.29, 0.717) is 17.1 Å². The van der Waals surface area contributed by atoms with Crippen LogP contribution in [0, 0.1) is 6.92 Å². The van der Waals surface area contributed by atoms with Crippen molar-refractivity contribution in [2.24, 2.45) is 0 Å². The van der Waals surface area contributed by atoms with E-state index < -0.39 is 0 Å². The van der Waals surface area contributed by atoms with Gasteiger partial charge in [0.15, 0.2) is 0 Å². The number of aromatic nitrogens is 2. The molecule has 0 aliphatic carbocycles. The molecule has 1 aromatic carbocycles. The van der Waals surface area contributed by atoms with E-state index in [0.717, 1.165) is 4.90 Å². The lowest BCUT2D eigenvalue weighted by atomic mass is 10.1. The van der Waals surface area contributed by atoms with Crippen molar-refractivity contribution in [3.8, 4) is 5.88 Å². The SMILES string of the molecule is Cc1cccc(SCc2nc(O)c(C(C)C)c(=O)[nH]2)c1. The molecular formula is C15H18N2O2S. The number of aromatic amines is 1. The third-order valence-electron chi connectivity index (χ3n) is 2.93. The largest absolute Gasteiger partial charge is 0.493 e. The van der Waals surface area contributed by atoms with Crippen LogP contribution in [0.2, 0.25) is 0 Å². The Labute approximate surface area is 122 Å². The molecule has 20 heavy (non-hydrogen) atoms. The van der Waals surface area contributed by atoms with Gasteiger partial charge in [-0.3, -0.25) is 4.79 Å². The van der Waals surface area contributed by atoms with Gasteiger partial charge in [0.25, 0.3) is 5.56 Å². The molecule has 0 bridgehead atoms. The Balaban J connectivity index is 2.17. The van der Waals surface area contributed by atoms with Crippen LogP contribution in [-0.4, -0.2) is 15.1 Å². The van der Waals surface area contributed by atoms with Crippen LogP contribution in [0.5, 0.6) is 5.88 Å². The number of thioether (sulfide) groups is 1. The van der Waals surface area contributed by atoms with Gasteiger partial charge in [0.2, 0.25) is 5.88 Å². The average Bonchev–Trinajstić information content (AvgIpc) is 2.35. The lowest BCUT2D eigenvalue weighted by molar-refractivity contribution is 0.437. The second-order valence-electron chi connectivity index (χ2n) is 5.01. The summed E-state index contributed by atoms with van der Waals surface area (Å²) >= 11 is 1.58. The molecule has 2 aromatic rings. The minimum absolute atomic E-state index is 0.0512. The number of hydrogen-bond acceptors (Lipinski definition) is 4. The number of hydrogen-bond donors (Lipinski definition) is 2. The third-order valence-corrected chi connectivity index (χ3v) is 3.93. The Morgan fingerprint density at radius 3 is 2.75 bits per heavy atom. The van der Waals surface area contributed by atoms with Gasteiger partial charge < -0.3 is 10.1 Å². The molecule has 2 N–H and O–H groups in total. The molecule has 0 amide bonds. The number of aromatic hydroxyl groups is 1. The van der Waals surface area contributed by atoms with Gasteiger partial charge in [-0.2, -0.15) is 4.98 Å². The second kappa shape index (κ2) is 6.13. The summed E-state index contributed by atoms with van der Waals surface area (Å²) in [5.74, 6) is 0.793. The van der Waals surface area contributed by atoms with Crippen LogP contribution in [0.25, 0.3) is 0 Å². The molecule has 0 fully saturated rings. The molecule has 0 saturated carbocycles. The van der Waals surface area contributed by atoms with E-state index in [9.17, 15) is 9.90 Å². The number of H-pyrrole nitrogens is 1. The van der Waals surface area contributed by atoms with Crippen LogP contribution in [0.15, 0.2) is 34.0 Å². The lowest BCUT2D eigenvalue weighted by Gasteiger charge is -2.08. The van der Waals surface area contributed by atoms with Gasteiger partial charge in [0.1, 0.15) is 5.82 Å². The molecule has 0 atom stereocenters. The van der Waals surface area contributed by atoms with E-state index in [1.54, 1.807) is 11.8 Å². The van der Waals surface area contributed by atoms with E-state index in [4.69, 9.17) is 0 Å². The summed E-state index contributed by atoms with van der Waals surface area (Å²) in [7, 11) is 0. The van der Waals surface area contributed by atoms with Crippen molar-refractivity contribution in [3.05, 3.63) is 51.6 Å². The van der Waals surface area contributed by atoms with Crippen molar-refractivity contribution >= 4 is 11.8 Å². The maximum absolute atomic E-state index is 11.9. The molecule has 0 unspecified atom stereocenters. The molecule has 0 radical (unpaired) electrons. The normalized spacial score (nSPS) is 11.0. The Bertz CT molecular complexity index is 665. The molecule has 0 aliphatic heterocycles. The number of nitrogens with zero attached hydrogens (tertiary/aromatic N) is 1. The molecule has 106 valence electrons. The quantitative estimate of drug-likeness (QED) is 0.849. The van der Waals surface area contributed by atoms with Gasteiger partial charge in [0, 0.05) is 4.90 Å². The fraction of sp³-hybridized carbons (Fsp3) is 0.333. The fourth-order valence-electron chi connectivity index (χ4n) is 1.96. The zero-order valence-electron chi connectivity index (χ0n) is 11.8. The van der Waals surface area contributed by atoms with E-state index >= 15 is 0 Å². The number of nitrogens with one attached hydrogen (secondary N) is 1. The summed E-state index contributed by atoms with van der Waals surface area (Å²) in [5.41, 5.74) is 1.27. The van der Waals surface area contributed by atoms with Gasteiger partial charge in [-0.05, 0) is 25.0 Å². The summed E-state index contributed by atoms with van der Waals surface area (Å²) in [6.07, 6.45) is 0. The molecule has 1 aromatic heterocycles. The Morgan fingerprint density at radius 1 is 1.40 bits per heavy atom. The Hall–Kier alpha value is -1.75. The minimum Gasteiger partial charge on any atom is -0.493 e. The summed E-state index contributed by atoms with van der Waals surface area (Å²) in [4.78, 5) is 19.8. The summed E-state index contributed by atoms with van der Waals surface area (Å²) in [6.45, 7) is 5.74. The van der Waals surface area contributed by atoms with Crippen LogP contribution in [0.1, 0.15) is 36.7 Å². The predicted octanol–water partition coefficient (Wildman–Crippen LogP) is 3.20. The van der Waals surface area contributed by atoms with Gasteiger partial charge in [-0.1, -0.05) is 31.5 Å². The Kier molecular flexibility index (Phi) is 4.49. The highest BCUT2D eigenvalue weighted by Crippen LogP contribution is 2.24. The molecule has 5 heteroatoms. The van der Waals surface area contributed by atoms with Crippen molar-refractivity contribution in [1.29, 1.82) is 0 Å². The monoisotopic (exact) mass is 290 g/mol. The zero-order chi connectivity index (χ0) is 14.7. The molecule has 1 heterocycles. The molecule has 0 spiro atoms. The average molecular weight is 290 g/mol. The standard InChI is InChI=1S/C15H18N2O2S/c1-9(2)13-14(18)16-12(17-15(13)19)8-20-11-6-4-5-10(3)7-11/h4-7,9H,8H2,1-3H3,(H2,16,17,18,19). The first-order chi connectivity index (χ1) is 9.47. The highest BCUT2D eigenvalue weighted by molar-refractivity contribution is 7.98. The van der Waals surface area contributed by atoms with Gasteiger partial charge in [0.05, 0.1) is 11.3 Å². The molecule has 2 rings (SSSR count). The first-order valence-electron chi connectivity index (χ1n) is 6.49. The third kappa shape index (κ3) is 3.42. The van der Waals surface area contributed by atoms with Crippen molar-refractivity contribution < 1.29 is 5.11 Å². The number of rotatable bonds is 4. The van der Waals surface area contributed by atoms with Gasteiger partial charge in [-0.15, -0.1) is 11.8 Å². The minimum atomic E-state index is -0.257. The Morgan fingerprint density at radius 2 is 2.15 bits per heavy atom. The maximum atomic E-state index is 11.9.